The van der Waals surface area contributed by atoms with Gasteiger partial charge in [-0.2, -0.15) is 0 Å². The van der Waals surface area contributed by atoms with Gasteiger partial charge in [0.2, 0.25) is 5.91 Å². The van der Waals surface area contributed by atoms with Gasteiger partial charge >= 0.3 is 0 Å². The number of carbonyl (C=O) groups excluding carboxylic acids is 1. The van der Waals surface area contributed by atoms with Gasteiger partial charge in [0.1, 0.15) is 11.5 Å². The second-order valence-electron chi connectivity index (χ2n) is 6.39. The third kappa shape index (κ3) is 6.14. The molecule has 25 heavy (non-hydrogen) atoms. The largest absolute Gasteiger partial charge is 0.496 e. The molecule has 134 valence electrons. The lowest BCUT2D eigenvalue weighted by atomic mass is 10.1. The number of nitrogens with one attached hydrogen (secondary N) is 1. The van der Waals surface area contributed by atoms with Crippen LogP contribution >= 0.6 is 0 Å². The summed E-state index contributed by atoms with van der Waals surface area (Å²) in [6.07, 6.45) is 1.35. The maximum Gasteiger partial charge on any atom is 0.220 e. The molecular formula is C21H27NO3. The second kappa shape index (κ2) is 9.11. The summed E-state index contributed by atoms with van der Waals surface area (Å²) < 4.78 is 10.9. The predicted octanol–water partition coefficient (Wildman–Crippen LogP) is 4.04. The molecule has 0 spiro atoms. The molecule has 4 nitrogen and oxygen atoms in total. The number of amides is 1. The molecule has 0 atom stereocenters. The maximum atomic E-state index is 12.0. The van der Waals surface area contributed by atoms with Crippen LogP contribution in [-0.2, 0) is 17.8 Å². The van der Waals surface area contributed by atoms with Gasteiger partial charge < -0.3 is 14.8 Å². The highest BCUT2D eigenvalue weighted by Gasteiger charge is 2.05. The van der Waals surface area contributed by atoms with Crippen LogP contribution in [-0.4, -0.2) is 19.1 Å². The molecule has 0 aliphatic rings. The zero-order chi connectivity index (χ0) is 18.2. The smallest absolute Gasteiger partial charge is 0.220 e. The van der Waals surface area contributed by atoms with E-state index in [0.29, 0.717) is 13.0 Å². The van der Waals surface area contributed by atoms with Crippen LogP contribution < -0.4 is 14.8 Å². The average Bonchev–Trinajstić information content (AvgIpc) is 2.59. The molecule has 4 heteroatoms. The Hall–Kier alpha value is -2.49. The molecule has 2 rings (SSSR count). The Balaban J connectivity index is 1.77. The van der Waals surface area contributed by atoms with Crippen molar-refractivity contribution in [3.63, 3.8) is 0 Å². The van der Waals surface area contributed by atoms with E-state index >= 15 is 0 Å². The van der Waals surface area contributed by atoms with E-state index in [1.54, 1.807) is 7.11 Å². The normalized spacial score (nSPS) is 10.6. The number of methoxy groups -OCH3 is 1. The Morgan fingerprint density at radius 2 is 1.76 bits per heavy atom. The van der Waals surface area contributed by atoms with Crippen molar-refractivity contribution in [2.24, 2.45) is 0 Å². The molecule has 0 heterocycles. The summed E-state index contributed by atoms with van der Waals surface area (Å²) in [4.78, 5) is 12.0. The van der Waals surface area contributed by atoms with Crippen LogP contribution in [0, 0.1) is 6.92 Å². The number of rotatable bonds is 8. The van der Waals surface area contributed by atoms with Gasteiger partial charge in [0, 0.05) is 13.0 Å². The fourth-order valence-electron chi connectivity index (χ4n) is 2.60. The van der Waals surface area contributed by atoms with E-state index in [0.717, 1.165) is 34.6 Å². The Labute approximate surface area is 150 Å². The molecule has 1 N–H and O–H groups in total. The fraction of sp³-hybridized carbons (Fsp3) is 0.381. The number of hydrogen-bond acceptors (Lipinski definition) is 3. The molecule has 0 radical (unpaired) electrons. The van der Waals surface area contributed by atoms with Gasteiger partial charge in [-0.05, 0) is 62.1 Å². The van der Waals surface area contributed by atoms with E-state index in [-0.39, 0.29) is 12.0 Å². The van der Waals surface area contributed by atoms with Gasteiger partial charge in [0.05, 0.1) is 13.2 Å². The Bertz CT molecular complexity index is 693. The summed E-state index contributed by atoms with van der Waals surface area (Å²) in [5.74, 6) is 1.77. The van der Waals surface area contributed by atoms with E-state index in [9.17, 15) is 4.79 Å². The van der Waals surface area contributed by atoms with Crippen LogP contribution in [0.15, 0.2) is 42.5 Å². The number of benzene rings is 2. The molecule has 0 aromatic heterocycles. The lowest BCUT2D eigenvalue weighted by molar-refractivity contribution is -0.121. The number of ether oxygens (including phenoxy) is 2. The van der Waals surface area contributed by atoms with Crippen molar-refractivity contribution in [1.29, 1.82) is 0 Å². The molecular weight excluding hydrogens is 314 g/mol. The van der Waals surface area contributed by atoms with Crippen LogP contribution in [0.1, 0.15) is 37.0 Å². The highest BCUT2D eigenvalue weighted by Crippen LogP contribution is 2.19. The average molecular weight is 341 g/mol. The van der Waals surface area contributed by atoms with E-state index < -0.39 is 0 Å². The van der Waals surface area contributed by atoms with E-state index in [1.807, 2.05) is 57.2 Å². The van der Waals surface area contributed by atoms with Gasteiger partial charge in [-0.15, -0.1) is 0 Å². The van der Waals surface area contributed by atoms with Gasteiger partial charge in [-0.3, -0.25) is 4.79 Å². The van der Waals surface area contributed by atoms with E-state index in [1.165, 1.54) is 0 Å². The molecule has 0 saturated carbocycles. The number of carbonyl (C=O) groups is 1. The number of aryl methyl sites for hydroxylation is 2. The molecule has 0 fully saturated rings. The van der Waals surface area contributed by atoms with Crippen molar-refractivity contribution in [2.45, 2.75) is 46.3 Å². The summed E-state index contributed by atoms with van der Waals surface area (Å²) in [6, 6.07) is 13.8. The minimum absolute atomic E-state index is 0.0518. The monoisotopic (exact) mass is 341 g/mol. The lowest BCUT2D eigenvalue weighted by Gasteiger charge is -2.11. The molecule has 0 saturated heterocycles. The minimum atomic E-state index is 0.0518. The van der Waals surface area contributed by atoms with Crippen LogP contribution in [0.25, 0.3) is 0 Å². The molecule has 0 aliphatic heterocycles. The summed E-state index contributed by atoms with van der Waals surface area (Å²) in [7, 11) is 1.66. The maximum absolute atomic E-state index is 12.0. The third-order valence-corrected chi connectivity index (χ3v) is 3.88. The molecule has 2 aromatic carbocycles. The zero-order valence-corrected chi connectivity index (χ0v) is 15.5. The Morgan fingerprint density at radius 1 is 1.08 bits per heavy atom. The van der Waals surface area contributed by atoms with Crippen LogP contribution in [0.4, 0.5) is 0 Å². The van der Waals surface area contributed by atoms with Crippen molar-refractivity contribution in [1.82, 2.24) is 5.32 Å². The Morgan fingerprint density at radius 3 is 2.36 bits per heavy atom. The van der Waals surface area contributed by atoms with Gasteiger partial charge in [-0.1, -0.05) is 24.3 Å². The minimum Gasteiger partial charge on any atom is -0.496 e. The molecule has 0 unspecified atom stereocenters. The quantitative estimate of drug-likeness (QED) is 0.788. The fourth-order valence-corrected chi connectivity index (χ4v) is 2.60. The standard InChI is InChI=1S/C21H27NO3/c1-15(2)25-19-9-5-18(6-10-19)14-22-21(23)12-8-17-7-11-20(24-4)16(3)13-17/h5-7,9-11,13,15H,8,12,14H2,1-4H3,(H,22,23). The topological polar surface area (TPSA) is 47.6 Å². The molecule has 1 amide bonds. The van der Waals surface area contributed by atoms with Gasteiger partial charge in [0.15, 0.2) is 0 Å². The first kappa shape index (κ1) is 18.8. The zero-order valence-electron chi connectivity index (χ0n) is 15.5. The second-order valence-corrected chi connectivity index (χ2v) is 6.39. The highest BCUT2D eigenvalue weighted by atomic mass is 16.5. The van der Waals surface area contributed by atoms with Crippen LogP contribution in [0.5, 0.6) is 11.5 Å². The van der Waals surface area contributed by atoms with Crippen molar-refractivity contribution in [3.8, 4) is 11.5 Å². The summed E-state index contributed by atoms with van der Waals surface area (Å²) in [5.41, 5.74) is 3.29. The first-order chi connectivity index (χ1) is 12.0. The molecule has 2 aromatic rings. The summed E-state index contributed by atoms with van der Waals surface area (Å²) in [5, 5.41) is 2.96. The van der Waals surface area contributed by atoms with Crippen molar-refractivity contribution in [3.05, 3.63) is 59.2 Å². The van der Waals surface area contributed by atoms with Gasteiger partial charge in [-0.25, -0.2) is 0 Å². The van der Waals surface area contributed by atoms with Gasteiger partial charge in [0.25, 0.3) is 0 Å². The SMILES string of the molecule is COc1ccc(CCC(=O)NCc2ccc(OC(C)C)cc2)cc1C. The first-order valence-electron chi connectivity index (χ1n) is 8.63. The van der Waals surface area contributed by atoms with Crippen molar-refractivity contribution >= 4 is 5.91 Å². The lowest BCUT2D eigenvalue weighted by Crippen LogP contribution is -2.23. The Kier molecular flexibility index (Phi) is 6.87. The van der Waals surface area contributed by atoms with E-state index in [2.05, 4.69) is 11.4 Å². The molecule has 0 bridgehead atoms. The third-order valence-electron chi connectivity index (χ3n) is 3.88. The first-order valence-corrected chi connectivity index (χ1v) is 8.63. The molecule has 0 aliphatic carbocycles. The highest BCUT2D eigenvalue weighted by molar-refractivity contribution is 5.76. The van der Waals surface area contributed by atoms with E-state index in [4.69, 9.17) is 9.47 Å². The van der Waals surface area contributed by atoms with Crippen LogP contribution in [0.3, 0.4) is 0 Å². The van der Waals surface area contributed by atoms with Crippen molar-refractivity contribution < 1.29 is 14.3 Å². The van der Waals surface area contributed by atoms with Crippen molar-refractivity contribution in [2.75, 3.05) is 7.11 Å². The summed E-state index contributed by atoms with van der Waals surface area (Å²) in [6.45, 7) is 6.54. The summed E-state index contributed by atoms with van der Waals surface area (Å²) >= 11 is 0. The number of hydrogen-bond donors (Lipinski definition) is 1. The van der Waals surface area contributed by atoms with Crippen LogP contribution in [0.2, 0.25) is 0 Å². The predicted molar refractivity (Wildman–Crippen MR) is 100 cm³/mol.